The van der Waals surface area contributed by atoms with E-state index in [4.69, 9.17) is 9.47 Å². The van der Waals surface area contributed by atoms with E-state index in [1.165, 1.54) is 16.9 Å². The molecule has 1 aliphatic heterocycles. The highest BCUT2D eigenvalue weighted by atomic mass is 16.8. The summed E-state index contributed by atoms with van der Waals surface area (Å²) in [6.45, 7) is 3.68. The molecule has 1 aromatic heterocycles. The van der Waals surface area contributed by atoms with E-state index in [2.05, 4.69) is 10.8 Å². The standard InChI is InChI=1S/C21H22N4O6/c1-14(2)24-12-23(11-16-7-5-4-6-15(16)10-22)25-9-8-17(26)19(18(25)20(24)27)30-13-31-21(28)29-3/h4-9,14H,11-13H2,1-3H3. The number of hydrogen-bond donors (Lipinski definition) is 0. The molecular formula is C21H22N4O6. The number of benzene rings is 1. The van der Waals surface area contributed by atoms with Crippen molar-refractivity contribution in [3.63, 3.8) is 0 Å². The van der Waals surface area contributed by atoms with Crippen molar-refractivity contribution >= 4 is 12.1 Å². The molecule has 2 aromatic rings. The molecule has 162 valence electrons. The van der Waals surface area contributed by atoms with Crippen LogP contribution < -0.4 is 15.2 Å². The molecule has 1 aliphatic rings. The molecule has 0 bridgehead atoms. The molecule has 2 heterocycles. The molecule has 1 amide bonds. The first-order chi connectivity index (χ1) is 14.9. The number of carbonyl (C=O) groups is 2. The second kappa shape index (κ2) is 9.21. The van der Waals surface area contributed by atoms with Gasteiger partial charge in [-0.05, 0) is 25.5 Å². The zero-order chi connectivity index (χ0) is 22.5. The molecule has 10 nitrogen and oxygen atoms in total. The minimum atomic E-state index is -0.977. The van der Waals surface area contributed by atoms with E-state index < -0.39 is 24.3 Å². The summed E-state index contributed by atoms with van der Waals surface area (Å²) in [5.41, 5.74) is 0.761. The van der Waals surface area contributed by atoms with E-state index in [9.17, 15) is 19.6 Å². The SMILES string of the molecule is COC(=O)OCOc1c2n(ccc1=O)N(Cc1ccccc1C#N)CN(C(C)C)C2=O. The topological polar surface area (TPSA) is 114 Å². The Hall–Kier alpha value is -4.00. The van der Waals surface area contributed by atoms with Crippen LogP contribution in [-0.4, -0.2) is 48.3 Å². The summed E-state index contributed by atoms with van der Waals surface area (Å²) in [6, 6.07) is 10.4. The van der Waals surface area contributed by atoms with Crippen molar-refractivity contribution in [2.24, 2.45) is 0 Å². The predicted molar refractivity (Wildman–Crippen MR) is 109 cm³/mol. The summed E-state index contributed by atoms with van der Waals surface area (Å²) < 4.78 is 16.0. The van der Waals surface area contributed by atoms with Gasteiger partial charge in [-0.25, -0.2) is 4.79 Å². The lowest BCUT2D eigenvalue weighted by atomic mass is 10.1. The van der Waals surface area contributed by atoms with Crippen LogP contribution in [0.2, 0.25) is 0 Å². The molecule has 0 radical (unpaired) electrons. The smallest absolute Gasteiger partial charge is 0.451 e. The van der Waals surface area contributed by atoms with E-state index in [-0.39, 0.29) is 24.2 Å². The van der Waals surface area contributed by atoms with Gasteiger partial charge < -0.3 is 19.1 Å². The third kappa shape index (κ3) is 4.45. The van der Waals surface area contributed by atoms with Gasteiger partial charge in [-0.1, -0.05) is 18.2 Å². The first-order valence-corrected chi connectivity index (χ1v) is 9.50. The van der Waals surface area contributed by atoms with Crippen LogP contribution in [0.25, 0.3) is 0 Å². The van der Waals surface area contributed by atoms with Gasteiger partial charge in [0.25, 0.3) is 5.91 Å². The number of nitriles is 1. The third-order valence-electron chi connectivity index (χ3n) is 4.78. The van der Waals surface area contributed by atoms with Crippen LogP contribution in [0.5, 0.6) is 5.75 Å². The molecular weight excluding hydrogens is 404 g/mol. The Bertz CT molecular complexity index is 1090. The van der Waals surface area contributed by atoms with Crippen LogP contribution in [0.1, 0.15) is 35.5 Å². The lowest BCUT2D eigenvalue weighted by Gasteiger charge is -2.41. The fraction of sp³-hybridized carbons (Fsp3) is 0.333. The van der Waals surface area contributed by atoms with Gasteiger partial charge in [0.15, 0.2) is 5.69 Å². The molecule has 3 rings (SSSR count). The van der Waals surface area contributed by atoms with Gasteiger partial charge in [-0.15, -0.1) is 0 Å². The molecule has 0 atom stereocenters. The zero-order valence-electron chi connectivity index (χ0n) is 17.4. The fourth-order valence-corrected chi connectivity index (χ4v) is 3.21. The van der Waals surface area contributed by atoms with Gasteiger partial charge >= 0.3 is 6.16 Å². The van der Waals surface area contributed by atoms with Crippen LogP contribution in [0.15, 0.2) is 41.3 Å². The van der Waals surface area contributed by atoms with Crippen molar-refractivity contribution in [3.8, 4) is 11.8 Å². The number of rotatable bonds is 6. The van der Waals surface area contributed by atoms with E-state index in [1.807, 2.05) is 31.0 Å². The van der Waals surface area contributed by atoms with E-state index in [0.29, 0.717) is 12.1 Å². The van der Waals surface area contributed by atoms with E-state index >= 15 is 0 Å². The monoisotopic (exact) mass is 426 g/mol. The molecule has 10 heteroatoms. The number of carbonyl (C=O) groups excluding carboxylic acids is 2. The molecule has 0 aliphatic carbocycles. The Labute approximate surface area is 178 Å². The van der Waals surface area contributed by atoms with Gasteiger partial charge in [0, 0.05) is 18.3 Å². The summed E-state index contributed by atoms with van der Waals surface area (Å²) in [6.07, 6.45) is 0.505. The number of hydrogen-bond acceptors (Lipinski definition) is 8. The molecule has 1 aromatic carbocycles. The average molecular weight is 426 g/mol. The third-order valence-corrected chi connectivity index (χ3v) is 4.78. The lowest BCUT2D eigenvalue weighted by molar-refractivity contribution is 0.0133. The molecule has 0 fully saturated rings. The summed E-state index contributed by atoms with van der Waals surface area (Å²) in [5, 5.41) is 11.2. The Morgan fingerprint density at radius 3 is 2.65 bits per heavy atom. The Morgan fingerprint density at radius 1 is 1.23 bits per heavy atom. The number of pyridine rings is 1. The maximum atomic E-state index is 13.2. The molecule has 31 heavy (non-hydrogen) atoms. The first-order valence-electron chi connectivity index (χ1n) is 9.50. The van der Waals surface area contributed by atoms with Gasteiger partial charge in [-0.2, -0.15) is 5.26 Å². The number of methoxy groups -OCH3 is 1. The summed E-state index contributed by atoms with van der Waals surface area (Å²) in [4.78, 5) is 38.4. The number of nitrogens with zero attached hydrogens (tertiary/aromatic N) is 4. The molecule has 0 saturated heterocycles. The van der Waals surface area contributed by atoms with Crippen molar-refractivity contribution in [2.75, 3.05) is 25.6 Å². The molecule has 0 unspecified atom stereocenters. The maximum Gasteiger partial charge on any atom is 0.510 e. The molecule has 0 saturated carbocycles. The second-order valence-corrected chi connectivity index (χ2v) is 7.01. The minimum absolute atomic E-state index is 0.00959. The van der Waals surface area contributed by atoms with Crippen molar-refractivity contribution < 1.29 is 23.8 Å². The second-order valence-electron chi connectivity index (χ2n) is 7.01. The fourth-order valence-electron chi connectivity index (χ4n) is 3.21. The van der Waals surface area contributed by atoms with Gasteiger partial charge in [0.05, 0.1) is 25.3 Å². The van der Waals surface area contributed by atoms with Crippen molar-refractivity contribution in [2.45, 2.75) is 26.4 Å². The van der Waals surface area contributed by atoms with Crippen LogP contribution >= 0.6 is 0 Å². The van der Waals surface area contributed by atoms with E-state index in [0.717, 1.165) is 12.7 Å². The minimum Gasteiger partial charge on any atom is -0.451 e. The number of ether oxygens (including phenoxy) is 3. The molecule has 0 spiro atoms. The van der Waals surface area contributed by atoms with Crippen molar-refractivity contribution in [1.29, 1.82) is 5.26 Å². The summed E-state index contributed by atoms with van der Waals surface area (Å²) in [5.74, 6) is -0.633. The normalized spacial score (nSPS) is 12.9. The highest BCUT2D eigenvalue weighted by molar-refractivity contribution is 5.96. The zero-order valence-corrected chi connectivity index (χ0v) is 17.4. The quantitative estimate of drug-likeness (QED) is 0.507. The van der Waals surface area contributed by atoms with Crippen LogP contribution in [0, 0.1) is 11.3 Å². The van der Waals surface area contributed by atoms with Gasteiger partial charge in [0.2, 0.25) is 18.0 Å². The number of fused-ring (bicyclic) bond motifs is 1. The van der Waals surface area contributed by atoms with Crippen LogP contribution in [0.3, 0.4) is 0 Å². The first kappa shape index (κ1) is 21.7. The highest BCUT2D eigenvalue weighted by Crippen LogP contribution is 2.24. The van der Waals surface area contributed by atoms with Gasteiger partial charge in [0.1, 0.15) is 6.67 Å². The maximum absolute atomic E-state index is 13.2. The van der Waals surface area contributed by atoms with Crippen LogP contribution in [-0.2, 0) is 16.0 Å². The Morgan fingerprint density at radius 2 is 1.97 bits per heavy atom. The number of aromatic nitrogens is 1. The number of amides is 1. The Balaban J connectivity index is 2.03. The predicted octanol–water partition coefficient (Wildman–Crippen LogP) is 1.80. The van der Waals surface area contributed by atoms with Crippen molar-refractivity contribution in [1.82, 2.24) is 9.58 Å². The van der Waals surface area contributed by atoms with Crippen LogP contribution in [0.4, 0.5) is 4.79 Å². The van der Waals surface area contributed by atoms with Crippen molar-refractivity contribution in [3.05, 3.63) is 63.6 Å². The Kier molecular flexibility index (Phi) is 6.45. The van der Waals surface area contributed by atoms with E-state index in [1.54, 1.807) is 17.0 Å². The summed E-state index contributed by atoms with van der Waals surface area (Å²) >= 11 is 0. The average Bonchev–Trinajstić information content (AvgIpc) is 2.76. The molecule has 0 N–H and O–H groups in total. The largest absolute Gasteiger partial charge is 0.510 e. The lowest BCUT2D eigenvalue weighted by Crippen LogP contribution is -2.55. The summed E-state index contributed by atoms with van der Waals surface area (Å²) in [7, 11) is 1.14. The van der Waals surface area contributed by atoms with Gasteiger partial charge in [-0.3, -0.25) is 19.3 Å². The highest BCUT2D eigenvalue weighted by Gasteiger charge is 2.34.